The lowest BCUT2D eigenvalue weighted by molar-refractivity contribution is 0.475. The number of ether oxygens (including phenoxy) is 1. The van der Waals surface area contributed by atoms with E-state index in [0.717, 1.165) is 28.5 Å². The van der Waals surface area contributed by atoms with E-state index in [4.69, 9.17) is 9.72 Å². The van der Waals surface area contributed by atoms with Gasteiger partial charge in [0.25, 0.3) is 0 Å². The van der Waals surface area contributed by atoms with Crippen LogP contribution in [0.3, 0.4) is 0 Å². The van der Waals surface area contributed by atoms with Gasteiger partial charge in [0.15, 0.2) is 5.75 Å². The lowest BCUT2D eigenvalue weighted by Gasteiger charge is -2.19. The van der Waals surface area contributed by atoms with Crippen molar-refractivity contribution in [3.63, 3.8) is 0 Å². The Labute approximate surface area is 113 Å². The van der Waals surface area contributed by atoms with E-state index in [1.54, 1.807) is 0 Å². The fourth-order valence-corrected chi connectivity index (χ4v) is 2.08. The summed E-state index contributed by atoms with van der Waals surface area (Å²) in [5.41, 5.74) is 3.09. The van der Waals surface area contributed by atoms with E-state index in [1.165, 1.54) is 0 Å². The Kier molecular flexibility index (Phi) is 2.67. The average Bonchev–Trinajstić information content (AvgIpc) is 2.55. The summed E-state index contributed by atoms with van der Waals surface area (Å²) in [6.07, 6.45) is 4.08. The summed E-state index contributed by atoms with van der Waals surface area (Å²) in [7, 11) is 0. The normalized spacial score (nSPS) is 13.2. The monoisotopic (exact) mass is 251 g/mol. The lowest BCUT2D eigenvalue weighted by atomic mass is 9.91. The van der Waals surface area contributed by atoms with Crippen LogP contribution in [0.5, 0.6) is 11.5 Å². The number of pyridine rings is 1. The molecule has 0 amide bonds. The van der Waals surface area contributed by atoms with Gasteiger partial charge in [-0.05, 0) is 30.4 Å². The van der Waals surface area contributed by atoms with E-state index in [0.29, 0.717) is 0 Å². The second-order valence-corrected chi connectivity index (χ2v) is 5.80. The summed E-state index contributed by atoms with van der Waals surface area (Å²) in [5, 5.41) is 0. The van der Waals surface area contributed by atoms with E-state index in [1.807, 2.05) is 42.5 Å². The highest BCUT2D eigenvalue weighted by Gasteiger charge is 2.18. The molecule has 2 aromatic rings. The van der Waals surface area contributed by atoms with E-state index in [9.17, 15) is 0 Å². The van der Waals surface area contributed by atoms with E-state index in [-0.39, 0.29) is 5.41 Å². The molecule has 0 atom stereocenters. The quantitative estimate of drug-likeness (QED) is 0.580. The number of benzene rings is 1. The topological polar surface area (TPSA) is 22.1 Å². The molecule has 0 spiro atoms. The van der Waals surface area contributed by atoms with Gasteiger partial charge < -0.3 is 4.74 Å². The molecule has 1 aromatic heterocycles. The Morgan fingerprint density at radius 2 is 1.68 bits per heavy atom. The summed E-state index contributed by atoms with van der Waals surface area (Å²) < 4.78 is 5.95. The van der Waals surface area contributed by atoms with Crippen molar-refractivity contribution < 1.29 is 4.74 Å². The SMILES string of the molecule is CC(C)(C)c1ccc2c(n1)C=Cc1ccccc1O2. The van der Waals surface area contributed by atoms with Gasteiger partial charge in [-0.15, -0.1) is 0 Å². The summed E-state index contributed by atoms with van der Waals surface area (Å²) in [4.78, 5) is 4.72. The Bertz CT molecular complexity index is 651. The van der Waals surface area contributed by atoms with Crippen molar-refractivity contribution >= 4 is 12.2 Å². The van der Waals surface area contributed by atoms with Gasteiger partial charge in [0.1, 0.15) is 11.4 Å². The Balaban J connectivity index is 2.09. The fourth-order valence-electron chi connectivity index (χ4n) is 2.08. The molecule has 3 rings (SSSR count). The summed E-state index contributed by atoms with van der Waals surface area (Å²) in [6, 6.07) is 12.1. The molecule has 0 saturated heterocycles. The van der Waals surface area contributed by atoms with Gasteiger partial charge in [-0.1, -0.05) is 39.0 Å². The Hall–Kier alpha value is -2.09. The Morgan fingerprint density at radius 1 is 0.895 bits per heavy atom. The summed E-state index contributed by atoms with van der Waals surface area (Å²) in [5.74, 6) is 1.69. The zero-order valence-corrected chi connectivity index (χ0v) is 11.5. The maximum atomic E-state index is 5.95. The van der Waals surface area contributed by atoms with Gasteiger partial charge in [-0.3, -0.25) is 0 Å². The molecule has 19 heavy (non-hydrogen) atoms. The van der Waals surface area contributed by atoms with E-state index in [2.05, 4.69) is 26.8 Å². The van der Waals surface area contributed by atoms with Gasteiger partial charge in [0.2, 0.25) is 0 Å². The largest absolute Gasteiger partial charge is 0.454 e. The van der Waals surface area contributed by atoms with Crippen LogP contribution < -0.4 is 4.74 Å². The molecular formula is C17H17NO. The zero-order chi connectivity index (χ0) is 13.5. The summed E-state index contributed by atoms with van der Waals surface area (Å²) in [6.45, 7) is 6.49. The van der Waals surface area contributed by atoms with Gasteiger partial charge in [0, 0.05) is 16.7 Å². The molecule has 2 nitrogen and oxygen atoms in total. The first-order valence-corrected chi connectivity index (χ1v) is 6.50. The standard InChI is InChI=1S/C17H17NO/c1-17(2,3)16-11-10-15-13(18-16)9-8-12-6-4-5-7-14(12)19-15/h4-11H,1-3H3. The molecule has 0 fully saturated rings. The molecule has 96 valence electrons. The predicted molar refractivity (Wildman–Crippen MR) is 78.4 cm³/mol. The number of fused-ring (bicyclic) bond motifs is 2. The highest BCUT2D eigenvalue weighted by atomic mass is 16.5. The molecular weight excluding hydrogens is 234 g/mol. The Morgan fingerprint density at radius 3 is 2.47 bits per heavy atom. The second kappa shape index (κ2) is 4.23. The van der Waals surface area contributed by atoms with E-state index >= 15 is 0 Å². The van der Waals surface area contributed by atoms with Gasteiger partial charge in [0.05, 0.1) is 0 Å². The van der Waals surface area contributed by atoms with Crippen molar-refractivity contribution in [3.8, 4) is 11.5 Å². The third-order valence-corrected chi connectivity index (χ3v) is 3.21. The molecule has 2 heterocycles. The number of aromatic nitrogens is 1. The van der Waals surface area contributed by atoms with Crippen LogP contribution in [-0.2, 0) is 5.41 Å². The third kappa shape index (κ3) is 2.26. The highest BCUT2D eigenvalue weighted by Crippen LogP contribution is 2.34. The maximum absolute atomic E-state index is 5.95. The molecule has 0 aliphatic carbocycles. The predicted octanol–water partition coefficient (Wildman–Crippen LogP) is 4.66. The van der Waals surface area contributed by atoms with Crippen molar-refractivity contribution in [3.05, 3.63) is 53.3 Å². The van der Waals surface area contributed by atoms with Crippen molar-refractivity contribution in [2.75, 3.05) is 0 Å². The number of hydrogen-bond donors (Lipinski definition) is 0. The van der Waals surface area contributed by atoms with E-state index < -0.39 is 0 Å². The highest BCUT2D eigenvalue weighted by molar-refractivity contribution is 5.76. The van der Waals surface area contributed by atoms with Crippen LogP contribution in [0.15, 0.2) is 36.4 Å². The molecule has 2 heteroatoms. The number of para-hydroxylation sites is 1. The molecule has 1 aliphatic heterocycles. The van der Waals surface area contributed by atoms with Crippen LogP contribution in [0.1, 0.15) is 37.7 Å². The maximum Gasteiger partial charge on any atom is 0.153 e. The van der Waals surface area contributed by atoms with Crippen molar-refractivity contribution in [1.82, 2.24) is 4.98 Å². The van der Waals surface area contributed by atoms with Crippen LogP contribution in [0.2, 0.25) is 0 Å². The molecule has 1 aliphatic rings. The minimum atomic E-state index is 0.0437. The first kappa shape index (κ1) is 12.0. The van der Waals surface area contributed by atoms with Crippen LogP contribution in [0, 0.1) is 0 Å². The summed E-state index contributed by atoms with van der Waals surface area (Å²) >= 11 is 0. The molecule has 0 unspecified atom stereocenters. The second-order valence-electron chi connectivity index (χ2n) is 5.80. The molecule has 0 saturated carbocycles. The smallest absolute Gasteiger partial charge is 0.153 e. The van der Waals surface area contributed by atoms with Crippen molar-refractivity contribution in [2.45, 2.75) is 26.2 Å². The number of hydrogen-bond acceptors (Lipinski definition) is 2. The van der Waals surface area contributed by atoms with Crippen LogP contribution in [0.25, 0.3) is 12.2 Å². The lowest BCUT2D eigenvalue weighted by Crippen LogP contribution is -2.13. The van der Waals surface area contributed by atoms with Crippen molar-refractivity contribution in [1.29, 1.82) is 0 Å². The molecule has 0 bridgehead atoms. The first-order valence-electron chi connectivity index (χ1n) is 6.50. The molecule has 1 aromatic carbocycles. The average molecular weight is 251 g/mol. The minimum Gasteiger partial charge on any atom is -0.454 e. The fraction of sp³-hybridized carbons (Fsp3) is 0.235. The number of rotatable bonds is 0. The van der Waals surface area contributed by atoms with Gasteiger partial charge >= 0.3 is 0 Å². The van der Waals surface area contributed by atoms with Crippen molar-refractivity contribution in [2.24, 2.45) is 0 Å². The van der Waals surface area contributed by atoms with Crippen LogP contribution >= 0.6 is 0 Å². The first-order chi connectivity index (χ1) is 9.04. The van der Waals surface area contributed by atoms with Crippen LogP contribution in [-0.4, -0.2) is 4.98 Å². The van der Waals surface area contributed by atoms with Crippen LogP contribution in [0.4, 0.5) is 0 Å². The third-order valence-electron chi connectivity index (χ3n) is 3.21. The zero-order valence-electron chi connectivity index (χ0n) is 11.5. The van der Waals surface area contributed by atoms with Gasteiger partial charge in [-0.2, -0.15) is 0 Å². The number of nitrogens with zero attached hydrogens (tertiary/aromatic N) is 1. The minimum absolute atomic E-state index is 0.0437. The molecule has 0 radical (unpaired) electrons. The molecule has 0 N–H and O–H groups in total. The van der Waals surface area contributed by atoms with Gasteiger partial charge in [-0.25, -0.2) is 4.98 Å².